The summed E-state index contributed by atoms with van der Waals surface area (Å²) in [6.45, 7) is 1.95. The lowest BCUT2D eigenvalue weighted by Gasteiger charge is -1.99. The van der Waals surface area contributed by atoms with Crippen LogP contribution >= 0.6 is 11.3 Å². The van der Waals surface area contributed by atoms with Crippen molar-refractivity contribution in [2.75, 3.05) is 0 Å². The van der Waals surface area contributed by atoms with Crippen molar-refractivity contribution >= 4 is 29.1 Å². The Morgan fingerprint density at radius 3 is 2.90 bits per heavy atom. The highest BCUT2D eigenvalue weighted by Gasteiger charge is 2.10. The lowest BCUT2D eigenvalue weighted by atomic mass is 10.2. The van der Waals surface area contributed by atoms with E-state index in [9.17, 15) is 14.9 Å². The van der Waals surface area contributed by atoms with E-state index >= 15 is 0 Å². The van der Waals surface area contributed by atoms with Crippen molar-refractivity contribution in [2.24, 2.45) is 5.10 Å². The molecular weight excluding hydrogens is 278 g/mol. The second-order valence-electron chi connectivity index (χ2n) is 3.94. The minimum Gasteiger partial charge on any atom is -0.267 e. The smallest absolute Gasteiger partial charge is 0.267 e. The van der Waals surface area contributed by atoms with Crippen LogP contribution in [-0.2, 0) is 0 Å². The molecule has 0 aliphatic carbocycles. The number of aryl methyl sites for hydroxylation is 1. The lowest BCUT2D eigenvalue weighted by Crippen LogP contribution is -2.17. The van der Waals surface area contributed by atoms with Gasteiger partial charge in [-0.25, -0.2) is 5.43 Å². The van der Waals surface area contributed by atoms with Crippen LogP contribution in [0.4, 0.5) is 5.69 Å². The van der Waals surface area contributed by atoms with Gasteiger partial charge in [-0.3, -0.25) is 14.9 Å². The normalized spacial score (nSPS) is 10.7. The summed E-state index contributed by atoms with van der Waals surface area (Å²) in [5, 5.41) is 16.4. The molecule has 0 fully saturated rings. The summed E-state index contributed by atoms with van der Waals surface area (Å²) in [6.07, 6.45) is 1.54. The monoisotopic (exact) mass is 289 g/mol. The topological polar surface area (TPSA) is 84.6 Å². The van der Waals surface area contributed by atoms with Crippen molar-refractivity contribution in [3.8, 4) is 0 Å². The highest BCUT2D eigenvalue weighted by Crippen LogP contribution is 2.13. The average Bonchev–Trinajstić information content (AvgIpc) is 2.84. The molecule has 1 amide bonds. The second-order valence-corrected chi connectivity index (χ2v) is 5.06. The van der Waals surface area contributed by atoms with E-state index in [2.05, 4.69) is 10.5 Å². The van der Waals surface area contributed by atoms with Crippen LogP contribution in [0, 0.1) is 17.0 Å². The largest absolute Gasteiger partial charge is 0.271 e. The Morgan fingerprint density at radius 1 is 1.45 bits per heavy atom. The maximum Gasteiger partial charge on any atom is 0.271 e. The quantitative estimate of drug-likeness (QED) is 0.533. The maximum atomic E-state index is 11.8. The molecule has 102 valence electrons. The standard InChI is InChI=1S/C13H11N3O3S/c1-9-11(5-6-20-9)8-14-15-13(17)10-3-2-4-12(7-10)16(18)19/h2-8H,1H3,(H,15,17)/b14-8-. The highest BCUT2D eigenvalue weighted by atomic mass is 32.1. The fraction of sp³-hybridized carbons (Fsp3) is 0.0769. The van der Waals surface area contributed by atoms with E-state index in [1.165, 1.54) is 24.3 Å². The van der Waals surface area contributed by atoms with Crippen LogP contribution in [-0.4, -0.2) is 17.0 Å². The van der Waals surface area contributed by atoms with Gasteiger partial charge >= 0.3 is 0 Å². The molecule has 20 heavy (non-hydrogen) atoms. The van der Waals surface area contributed by atoms with Crippen molar-refractivity contribution in [3.05, 3.63) is 61.8 Å². The summed E-state index contributed by atoms with van der Waals surface area (Å²) in [5.41, 5.74) is 3.33. The number of amides is 1. The summed E-state index contributed by atoms with van der Waals surface area (Å²) >= 11 is 1.59. The summed E-state index contributed by atoms with van der Waals surface area (Å²) in [4.78, 5) is 23.0. The van der Waals surface area contributed by atoms with Gasteiger partial charge in [0.15, 0.2) is 0 Å². The number of nitrogens with zero attached hydrogens (tertiary/aromatic N) is 2. The van der Waals surface area contributed by atoms with E-state index in [1.807, 2.05) is 18.4 Å². The Morgan fingerprint density at radius 2 is 2.25 bits per heavy atom. The zero-order valence-corrected chi connectivity index (χ0v) is 11.4. The van der Waals surface area contributed by atoms with E-state index in [0.717, 1.165) is 10.4 Å². The first kappa shape index (κ1) is 13.9. The summed E-state index contributed by atoms with van der Waals surface area (Å²) < 4.78 is 0. The number of non-ortho nitro benzene ring substituents is 1. The third kappa shape index (κ3) is 3.27. The Balaban J connectivity index is 2.05. The number of rotatable bonds is 4. The number of hydrogen-bond donors (Lipinski definition) is 1. The van der Waals surface area contributed by atoms with Crippen molar-refractivity contribution in [1.29, 1.82) is 0 Å². The molecule has 0 saturated heterocycles. The van der Waals surface area contributed by atoms with Gasteiger partial charge in [0.25, 0.3) is 11.6 Å². The second kappa shape index (κ2) is 6.07. The summed E-state index contributed by atoms with van der Waals surface area (Å²) in [6, 6.07) is 7.38. The number of thiophene rings is 1. The summed E-state index contributed by atoms with van der Waals surface area (Å²) in [7, 11) is 0. The first-order valence-electron chi connectivity index (χ1n) is 5.70. The minimum atomic E-state index is -0.547. The molecule has 0 aliphatic rings. The molecule has 1 N–H and O–H groups in total. The van der Waals surface area contributed by atoms with Crippen LogP contribution in [0.25, 0.3) is 0 Å². The molecule has 2 aromatic rings. The van der Waals surface area contributed by atoms with Crippen LogP contribution in [0.1, 0.15) is 20.8 Å². The molecule has 0 bridgehead atoms. The molecule has 1 aromatic carbocycles. The van der Waals surface area contributed by atoms with Gasteiger partial charge in [0, 0.05) is 28.1 Å². The van der Waals surface area contributed by atoms with Gasteiger partial charge in [0.1, 0.15) is 0 Å². The molecule has 0 spiro atoms. The van der Waals surface area contributed by atoms with E-state index in [1.54, 1.807) is 17.6 Å². The van der Waals surface area contributed by atoms with Crippen LogP contribution in [0.15, 0.2) is 40.8 Å². The Labute approximate surface area is 118 Å². The van der Waals surface area contributed by atoms with Gasteiger partial charge in [-0.15, -0.1) is 11.3 Å². The predicted molar refractivity (Wildman–Crippen MR) is 77.2 cm³/mol. The number of benzene rings is 1. The van der Waals surface area contributed by atoms with Crippen molar-refractivity contribution < 1.29 is 9.72 Å². The molecule has 7 heteroatoms. The molecule has 1 aromatic heterocycles. The van der Waals surface area contributed by atoms with E-state index in [4.69, 9.17) is 0 Å². The molecule has 0 unspecified atom stereocenters. The van der Waals surface area contributed by atoms with Gasteiger partial charge in [-0.05, 0) is 24.4 Å². The zero-order chi connectivity index (χ0) is 14.5. The van der Waals surface area contributed by atoms with Crippen LogP contribution in [0.2, 0.25) is 0 Å². The number of nitrogens with one attached hydrogen (secondary N) is 1. The van der Waals surface area contributed by atoms with Crippen molar-refractivity contribution in [3.63, 3.8) is 0 Å². The first-order chi connectivity index (χ1) is 9.58. The van der Waals surface area contributed by atoms with Crippen LogP contribution in [0.5, 0.6) is 0 Å². The molecule has 0 atom stereocenters. The number of nitro benzene ring substituents is 1. The number of carbonyl (C=O) groups is 1. The first-order valence-corrected chi connectivity index (χ1v) is 6.58. The van der Waals surface area contributed by atoms with Crippen LogP contribution < -0.4 is 5.43 Å². The van der Waals surface area contributed by atoms with E-state index in [-0.39, 0.29) is 11.3 Å². The Kier molecular flexibility index (Phi) is 4.21. The number of nitro groups is 1. The average molecular weight is 289 g/mol. The third-order valence-electron chi connectivity index (χ3n) is 2.59. The Hall–Kier alpha value is -2.54. The minimum absolute atomic E-state index is 0.129. The SMILES string of the molecule is Cc1sccc1/C=N\NC(=O)c1cccc([N+](=O)[O-])c1. The van der Waals surface area contributed by atoms with Crippen molar-refractivity contribution in [1.82, 2.24) is 5.43 Å². The predicted octanol–water partition coefficient (Wildman–Crippen LogP) is 2.73. The lowest BCUT2D eigenvalue weighted by molar-refractivity contribution is -0.384. The molecule has 1 heterocycles. The third-order valence-corrected chi connectivity index (χ3v) is 3.45. The molecule has 0 radical (unpaired) electrons. The summed E-state index contributed by atoms with van der Waals surface area (Å²) in [5.74, 6) is -0.488. The van der Waals surface area contributed by atoms with Gasteiger partial charge in [-0.1, -0.05) is 6.07 Å². The van der Waals surface area contributed by atoms with Gasteiger partial charge in [0.2, 0.25) is 0 Å². The van der Waals surface area contributed by atoms with Gasteiger partial charge in [0.05, 0.1) is 11.1 Å². The fourth-order valence-electron chi connectivity index (χ4n) is 1.51. The zero-order valence-electron chi connectivity index (χ0n) is 10.6. The van der Waals surface area contributed by atoms with E-state index < -0.39 is 10.8 Å². The van der Waals surface area contributed by atoms with Gasteiger partial charge in [-0.2, -0.15) is 5.10 Å². The maximum absolute atomic E-state index is 11.8. The molecule has 0 aliphatic heterocycles. The molecule has 6 nitrogen and oxygen atoms in total. The molecule has 0 saturated carbocycles. The molecular formula is C13H11N3O3S. The van der Waals surface area contributed by atoms with E-state index in [0.29, 0.717) is 0 Å². The Bertz CT molecular complexity index is 679. The van der Waals surface area contributed by atoms with Gasteiger partial charge < -0.3 is 0 Å². The van der Waals surface area contributed by atoms with Crippen LogP contribution in [0.3, 0.4) is 0 Å². The molecule has 2 rings (SSSR count). The van der Waals surface area contributed by atoms with Crippen molar-refractivity contribution in [2.45, 2.75) is 6.92 Å². The fourth-order valence-corrected chi connectivity index (χ4v) is 2.19. The number of hydrazone groups is 1. The highest BCUT2D eigenvalue weighted by molar-refractivity contribution is 7.10. The number of carbonyl (C=O) groups excluding carboxylic acids is 1. The number of hydrogen-bond acceptors (Lipinski definition) is 5.